The van der Waals surface area contributed by atoms with Crippen LogP contribution in [-0.2, 0) is 9.53 Å². The summed E-state index contributed by atoms with van der Waals surface area (Å²) < 4.78 is 31.9. The van der Waals surface area contributed by atoms with Crippen LogP contribution in [0.3, 0.4) is 0 Å². The molecule has 2 saturated heterocycles. The molecule has 3 rings (SSSR count). The van der Waals surface area contributed by atoms with E-state index in [9.17, 15) is 23.2 Å². The monoisotopic (exact) mass is 423 g/mol. The maximum Gasteiger partial charge on any atom is 0.410 e. The van der Waals surface area contributed by atoms with Crippen molar-refractivity contribution in [2.75, 3.05) is 32.7 Å². The van der Waals surface area contributed by atoms with Gasteiger partial charge in [-0.25, -0.2) is 13.6 Å². The Labute approximate surface area is 174 Å². The molecule has 0 saturated carbocycles. The summed E-state index contributed by atoms with van der Waals surface area (Å²) in [7, 11) is 0. The molecule has 2 aliphatic rings. The Morgan fingerprint density at radius 3 is 2.20 bits per heavy atom. The van der Waals surface area contributed by atoms with E-state index in [1.54, 1.807) is 25.7 Å². The van der Waals surface area contributed by atoms with Gasteiger partial charge in [0.1, 0.15) is 11.6 Å². The molecule has 2 fully saturated rings. The quantitative estimate of drug-likeness (QED) is 0.733. The zero-order valence-corrected chi connectivity index (χ0v) is 17.5. The van der Waals surface area contributed by atoms with E-state index in [0.29, 0.717) is 26.1 Å². The number of benzene rings is 1. The Morgan fingerprint density at radius 1 is 0.967 bits per heavy atom. The Morgan fingerprint density at radius 2 is 1.60 bits per heavy atom. The zero-order chi connectivity index (χ0) is 22.1. The van der Waals surface area contributed by atoms with Crippen LogP contribution in [0.2, 0.25) is 0 Å². The van der Waals surface area contributed by atoms with Crippen LogP contribution in [-0.4, -0.2) is 77.0 Å². The summed E-state index contributed by atoms with van der Waals surface area (Å²) in [6.45, 7) is 6.99. The van der Waals surface area contributed by atoms with Crippen LogP contribution < -0.4 is 0 Å². The van der Waals surface area contributed by atoms with E-state index in [4.69, 9.17) is 4.74 Å². The van der Waals surface area contributed by atoms with Crippen molar-refractivity contribution in [2.45, 2.75) is 45.3 Å². The highest BCUT2D eigenvalue weighted by Gasteiger charge is 2.39. The third-order valence-electron chi connectivity index (χ3n) is 5.21. The van der Waals surface area contributed by atoms with E-state index < -0.39 is 35.3 Å². The van der Waals surface area contributed by atoms with Gasteiger partial charge < -0.3 is 14.5 Å². The number of halogens is 2. The van der Waals surface area contributed by atoms with Crippen LogP contribution in [0.25, 0.3) is 0 Å². The van der Waals surface area contributed by atoms with Gasteiger partial charge in [0, 0.05) is 38.3 Å². The average molecular weight is 423 g/mol. The number of hydrogen-bond acceptors (Lipinski definition) is 4. The Kier molecular flexibility index (Phi) is 6.28. The van der Waals surface area contributed by atoms with Crippen LogP contribution in [0, 0.1) is 11.6 Å². The summed E-state index contributed by atoms with van der Waals surface area (Å²) in [6.07, 6.45) is 0.807. The lowest BCUT2D eigenvalue weighted by Gasteiger charge is -2.37. The van der Waals surface area contributed by atoms with Crippen LogP contribution >= 0.6 is 0 Å². The maximum absolute atomic E-state index is 13.4. The second-order valence-electron chi connectivity index (χ2n) is 8.58. The van der Waals surface area contributed by atoms with Crippen molar-refractivity contribution in [3.63, 3.8) is 0 Å². The highest BCUT2D eigenvalue weighted by atomic mass is 19.2. The predicted octanol–water partition coefficient (Wildman–Crippen LogP) is 2.65. The molecule has 164 valence electrons. The molecule has 3 amide bonds. The maximum atomic E-state index is 13.4. The standard InChI is InChI=1S/C21H27F2N3O4/c1-21(2,3)30-20(29)26-8-4-5-17(26)19(28)25-11-9-24(10-12-25)18(27)14-6-7-15(22)16(23)13-14/h6-7,13,17H,4-5,8-12H2,1-3H3. The molecule has 0 N–H and O–H groups in total. The van der Waals surface area contributed by atoms with Crippen molar-refractivity contribution >= 4 is 17.9 Å². The molecule has 1 atom stereocenters. The number of carbonyl (C=O) groups is 3. The van der Waals surface area contributed by atoms with Crippen molar-refractivity contribution < 1.29 is 27.9 Å². The number of amides is 3. The molecule has 0 aliphatic carbocycles. The molecular weight excluding hydrogens is 396 g/mol. The summed E-state index contributed by atoms with van der Waals surface area (Å²) in [4.78, 5) is 42.6. The summed E-state index contributed by atoms with van der Waals surface area (Å²) in [5.41, 5.74) is -0.570. The van der Waals surface area contributed by atoms with E-state index in [-0.39, 0.29) is 24.6 Å². The third-order valence-corrected chi connectivity index (χ3v) is 5.21. The van der Waals surface area contributed by atoms with Gasteiger partial charge in [-0.15, -0.1) is 0 Å². The molecule has 30 heavy (non-hydrogen) atoms. The molecule has 0 bridgehead atoms. The summed E-state index contributed by atoms with van der Waals surface area (Å²) >= 11 is 0. The van der Waals surface area contributed by atoms with Crippen molar-refractivity contribution in [3.8, 4) is 0 Å². The number of hydrogen-bond donors (Lipinski definition) is 0. The first-order chi connectivity index (χ1) is 14.1. The number of nitrogens with zero attached hydrogens (tertiary/aromatic N) is 3. The first-order valence-corrected chi connectivity index (χ1v) is 10.1. The van der Waals surface area contributed by atoms with E-state index in [1.807, 2.05) is 0 Å². The third kappa shape index (κ3) is 4.88. The normalized spacial score (nSPS) is 19.8. The van der Waals surface area contributed by atoms with Crippen molar-refractivity contribution in [2.24, 2.45) is 0 Å². The Bertz CT molecular complexity index is 832. The minimum Gasteiger partial charge on any atom is -0.444 e. The van der Waals surface area contributed by atoms with Crippen molar-refractivity contribution in [1.29, 1.82) is 0 Å². The van der Waals surface area contributed by atoms with Gasteiger partial charge in [0.15, 0.2) is 11.6 Å². The van der Waals surface area contributed by atoms with E-state index in [0.717, 1.165) is 18.6 Å². The highest BCUT2D eigenvalue weighted by molar-refractivity contribution is 5.94. The van der Waals surface area contributed by atoms with Gasteiger partial charge in [-0.1, -0.05) is 0 Å². The fourth-order valence-electron chi connectivity index (χ4n) is 3.71. The minimum absolute atomic E-state index is 0.0700. The molecule has 1 unspecified atom stereocenters. The van der Waals surface area contributed by atoms with Crippen molar-refractivity contribution in [1.82, 2.24) is 14.7 Å². The molecular formula is C21H27F2N3O4. The Hall–Kier alpha value is -2.71. The Balaban J connectivity index is 1.58. The number of carbonyl (C=O) groups excluding carboxylic acids is 3. The average Bonchev–Trinajstić information content (AvgIpc) is 3.18. The molecule has 2 aliphatic heterocycles. The largest absolute Gasteiger partial charge is 0.444 e. The minimum atomic E-state index is -1.07. The fraction of sp³-hybridized carbons (Fsp3) is 0.571. The summed E-state index contributed by atoms with van der Waals surface area (Å²) in [6, 6.07) is 2.49. The molecule has 0 spiro atoms. The molecule has 0 radical (unpaired) electrons. The molecule has 1 aromatic carbocycles. The lowest BCUT2D eigenvalue weighted by molar-refractivity contribution is -0.137. The zero-order valence-electron chi connectivity index (χ0n) is 17.5. The van der Waals surface area contributed by atoms with Gasteiger partial charge in [-0.3, -0.25) is 14.5 Å². The van der Waals surface area contributed by atoms with Gasteiger partial charge in [0.25, 0.3) is 5.91 Å². The summed E-state index contributed by atoms with van der Waals surface area (Å²) in [5.74, 6) is -2.64. The molecule has 7 nitrogen and oxygen atoms in total. The van der Waals surface area contributed by atoms with E-state index in [1.165, 1.54) is 15.9 Å². The second kappa shape index (κ2) is 8.57. The van der Waals surface area contributed by atoms with Gasteiger partial charge in [-0.05, 0) is 51.8 Å². The number of likely N-dealkylation sites (tertiary alicyclic amines) is 1. The highest BCUT2D eigenvalue weighted by Crippen LogP contribution is 2.23. The SMILES string of the molecule is CC(C)(C)OC(=O)N1CCCC1C(=O)N1CCN(C(=O)c2ccc(F)c(F)c2)CC1. The molecule has 0 aromatic heterocycles. The van der Waals surface area contributed by atoms with Crippen LogP contribution in [0.15, 0.2) is 18.2 Å². The fourth-order valence-corrected chi connectivity index (χ4v) is 3.71. The summed E-state index contributed by atoms with van der Waals surface area (Å²) in [5, 5.41) is 0. The smallest absolute Gasteiger partial charge is 0.410 e. The molecule has 9 heteroatoms. The van der Waals surface area contributed by atoms with E-state index in [2.05, 4.69) is 0 Å². The van der Waals surface area contributed by atoms with Crippen LogP contribution in [0.1, 0.15) is 44.0 Å². The lowest BCUT2D eigenvalue weighted by atomic mass is 10.1. The van der Waals surface area contributed by atoms with Gasteiger partial charge in [0.2, 0.25) is 5.91 Å². The first-order valence-electron chi connectivity index (χ1n) is 10.1. The lowest BCUT2D eigenvalue weighted by Crippen LogP contribution is -2.55. The topological polar surface area (TPSA) is 70.2 Å². The molecule has 2 heterocycles. The van der Waals surface area contributed by atoms with E-state index >= 15 is 0 Å². The number of rotatable bonds is 2. The first kappa shape index (κ1) is 22.0. The molecule has 1 aromatic rings. The van der Waals surface area contributed by atoms with Gasteiger partial charge >= 0.3 is 6.09 Å². The number of piperazine rings is 1. The van der Waals surface area contributed by atoms with Crippen LogP contribution in [0.4, 0.5) is 13.6 Å². The van der Waals surface area contributed by atoms with Crippen molar-refractivity contribution in [3.05, 3.63) is 35.4 Å². The van der Waals surface area contributed by atoms with Crippen LogP contribution in [0.5, 0.6) is 0 Å². The predicted molar refractivity (Wildman–Crippen MR) is 105 cm³/mol. The number of ether oxygens (including phenoxy) is 1. The van der Waals surface area contributed by atoms with Gasteiger partial charge in [-0.2, -0.15) is 0 Å². The van der Waals surface area contributed by atoms with Gasteiger partial charge in [0.05, 0.1) is 0 Å². The second-order valence-corrected chi connectivity index (χ2v) is 8.58.